The number of fused-ring (bicyclic) bond motifs is 1. The van der Waals surface area contributed by atoms with Gasteiger partial charge in [-0.15, -0.1) is 5.10 Å². The molecule has 1 aromatic carbocycles. The van der Waals surface area contributed by atoms with Crippen molar-refractivity contribution in [3.8, 4) is 5.69 Å². The maximum atomic E-state index is 12.5. The molecule has 3 aromatic heterocycles. The van der Waals surface area contributed by atoms with Crippen LogP contribution in [-0.2, 0) is 0 Å². The number of carbonyl (C=O) groups is 1. The highest BCUT2D eigenvalue weighted by molar-refractivity contribution is 6.01. The fraction of sp³-hybridized carbons (Fsp3) is 0.111. The minimum Gasteiger partial charge on any atom is -0.318 e. The number of pyridine rings is 1. The van der Waals surface area contributed by atoms with Gasteiger partial charge in [-0.1, -0.05) is 18.2 Å². The van der Waals surface area contributed by atoms with E-state index in [1.165, 1.54) is 0 Å². The van der Waals surface area contributed by atoms with Crippen molar-refractivity contribution in [3.63, 3.8) is 0 Å². The van der Waals surface area contributed by atoms with Crippen LogP contribution >= 0.6 is 0 Å². The third-order valence-electron chi connectivity index (χ3n) is 3.80. The van der Waals surface area contributed by atoms with Crippen molar-refractivity contribution in [1.82, 2.24) is 24.1 Å². The molecular weight excluding hydrogens is 316 g/mol. The van der Waals surface area contributed by atoms with Crippen LogP contribution in [0.15, 0.2) is 54.9 Å². The van der Waals surface area contributed by atoms with Crippen LogP contribution in [0, 0.1) is 13.8 Å². The lowest BCUT2D eigenvalue weighted by Crippen LogP contribution is -2.14. The lowest BCUT2D eigenvalue weighted by Gasteiger charge is -2.03. The van der Waals surface area contributed by atoms with Gasteiger partial charge in [0.15, 0.2) is 0 Å². The maximum Gasteiger partial charge on any atom is 0.295 e. The van der Waals surface area contributed by atoms with E-state index in [9.17, 15) is 4.79 Å². The van der Waals surface area contributed by atoms with E-state index in [0.29, 0.717) is 11.5 Å². The molecule has 0 aliphatic heterocycles. The lowest BCUT2D eigenvalue weighted by molar-refractivity contribution is 0.101. The number of nitrogens with one attached hydrogen (secondary N) is 1. The summed E-state index contributed by atoms with van der Waals surface area (Å²) < 4.78 is 3.52. The number of hydrogen-bond donors (Lipinski definition) is 1. The van der Waals surface area contributed by atoms with Crippen LogP contribution in [0.2, 0.25) is 0 Å². The summed E-state index contributed by atoms with van der Waals surface area (Å²) in [6.07, 6.45) is 3.71. The third kappa shape index (κ3) is 2.87. The van der Waals surface area contributed by atoms with Gasteiger partial charge < -0.3 is 9.72 Å². The Morgan fingerprint density at radius 3 is 2.60 bits per heavy atom. The minimum atomic E-state index is -0.353. The Balaban J connectivity index is 1.60. The predicted molar refractivity (Wildman–Crippen MR) is 94.0 cm³/mol. The number of anilines is 1. The van der Waals surface area contributed by atoms with Gasteiger partial charge in [-0.2, -0.15) is 0 Å². The first-order valence-corrected chi connectivity index (χ1v) is 7.86. The number of carbonyl (C=O) groups excluding carboxylic acids is 1. The van der Waals surface area contributed by atoms with Crippen LogP contribution in [0.1, 0.15) is 22.1 Å². The summed E-state index contributed by atoms with van der Waals surface area (Å²) in [5, 5.41) is 7.14. The van der Waals surface area contributed by atoms with E-state index in [4.69, 9.17) is 0 Å². The molecule has 0 aliphatic rings. The van der Waals surface area contributed by atoms with Crippen LogP contribution in [0.25, 0.3) is 11.3 Å². The molecule has 0 atom stereocenters. The summed E-state index contributed by atoms with van der Waals surface area (Å²) in [7, 11) is 0. The molecule has 4 aromatic rings. The topological polar surface area (TPSA) is 77.1 Å². The van der Waals surface area contributed by atoms with Crippen molar-refractivity contribution in [2.75, 3.05) is 5.32 Å². The normalized spacial score (nSPS) is 11.0. The maximum absolute atomic E-state index is 12.5. The minimum absolute atomic E-state index is 0.128. The fourth-order valence-corrected chi connectivity index (χ4v) is 2.68. The lowest BCUT2D eigenvalue weighted by atomic mass is 10.3. The molecule has 7 nitrogen and oxygen atoms in total. The van der Waals surface area contributed by atoms with E-state index in [1.54, 1.807) is 10.7 Å². The first-order valence-electron chi connectivity index (χ1n) is 7.86. The Labute approximate surface area is 144 Å². The second-order valence-corrected chi connectivity index (χ2v) is 5.75. The molecule has 25 heavy (non-hydrogen) atoms. The second-order valence-electron chi connectivity index (χ2n) is 5.75. The summed E-state index contributed by atoms with van der Waals surface area (Å²) in [4.78, 5) is 21.1. The molecule has 7 heteroatoms. The molecule has 1 N–H and O–H groups in total. The van der Waals surface area contributed by atoms with Crippen LogP contribution in [0.5, 0.6) is 0 Å². The van der Waals surface area contributed by atoms with E-state index < -0.39 is 0 Å². The van der Waals surface area contributed by atoms with Crippen LogP contribution in [-0.4, -0.2) is 30.1 Å². The molecule has 0 spiro atoms. The number of imidazole rings is 1. The van der Waals surface area contributed by atoms with Gasteiger partial charge in [0.25, 0.3) is 5.91 Å². The van der Waals surface area contributed by atoms with Crippen molar-refractivity contribution < 1.29 is 4.79 Å². The smallest absolute Gasteiger partial charge is 0.295 e. The quantitative estimate of drug-likeness (QED) is 0.626. The number of hydrogen-bond acceptors (Lipinski definition) is 4. The highest BCUT2D eigenvalue weighted by Crippen LogP contribution is 2.13. The van der Waals surface area contributed by atoms with Crippen molar-refractivity contribution in [2.45, 2.75) is 13.8 Å². The Kier molecular flexibility index (Phi) is 3.53. The molecule has 1 amide bonds. The number of para-hydroxylation sites is 1. The standard InChI is InChI=1S/C18H16N6O/c1-12-10-23-11-14(8-9-16(23)19-12)21-18(25)17-20-13(2)24(22-17)15-6-4-3-5-7-15/h3-11H,1-2H3,(H,21,25). The molecule has 0 unspecified atom stereocenters. The summed E-state index contributed by atoms with van der Waals surface area (Å²) >= 11 is 0. The monoisotopic (exact) mass is 332 g/mol. The van der Waals surface area contributed by atoms with Gasteiger partial charge in [-0.25, -0.2) is 14.6 Å². The van der Waals surface area contributed by atoms with Crippen LogP contribution in [0.4, 0.5) is 5.69 Å². The molecular formula is C18H16N6O. The molecule has 4 rings (SSSR count). The molecule has 0 saturated carbocycles. The van der Waals surface area contributed by atoms with Crippen LogP contribution in [0.3, 0.4) is 0 Å². The zero-order chi connectivity index (χ0) is 17.4. The van der Waals surface area contributed by atoms with Crippen molar-refractivity contribution in [3.05, 3.63) is 72.2 Å². The number of amides is 1. The van der Waals surface area contributed by atoms with Crippen molar-refractivity contribution >= 4 is 17.2 Å². The first kappa shape index (κ1) is 15.1. The first-order chi connectivity index (χ1) is 12.1. The van der Waals surface area contributed by atoms with E-state index in [2.05, 4.69) is 20.4 Å². The zero-order valence-corrected chi connectivity index (χ0v) is 13.8. The predicted octanol–water partition coefficient (Wildman–Crippen LogP) is 2.78. The molecule has 0 radical (unpaired) electrons. The molecule has 0 aliphatic carbocycles. The van der Waals surface area contributed by atoms with E-state index in [-0.39, 0.29) is 11.7 Å². The van der Waals surface area contributed by atoms with Gasteiger partial charge in [0, 0.05) is 12.4 Å². The average molecular weight is 332 g/mol. The Bertz CT molecular complexity index is 1060. The molecule has 0 saturated heterocycles. The third-order valence-corrected chi connectivity index (χ3v) is 3.80. The Hall–Kier alpha value is -3.48. The molecule has 0 bridgehead atoms. The van der Waals surface area contributed by atoms with Gasteiger partial charge in [0.05, 0.1) is 17.1 Å². The SMILES string of the molecule is Cc1cn2cc(NC(=O)c3nc(C)n(-c4ccccc4)n3)ccc2n1. The molecule has 0 fully saturated rings. The van der Waals surface area contributed by atoms with Gasteiger partial charge in [-0.05, 0) is 38.1 Å². The van der Waals surface area contributed by atoms with Gasteiger partial charge in [0.2, 0.25) is 5.82 Å². The number of benzene rings is 1. The largest absolute Gasteiger partial charge is 0.318 e. The summed E-state index contributed by atoms with van der Waals surface area (Å²) in [6.45, 7) is 3.74. The number of rotatable bonds is 3. The van der Waals surface area contributed by atoms with Crippen molar-refractivity contribution in [2.24, 2.45) is 0 Å². The highest BCUT2D eigenvalue weighted by atomic mass is 16.2. The van der Waals surface area contributed by atoms with Gasteiger partial charge >= 0.3 is 0 Å². The zero-order valence-electron chi connectivity index (χ0n) is 13.8. The summed E-state index contributed by atoms with van der Waals surface area (Å²) in [5.41, 5.74) is 3.27. The van der Waals surface area contributed by atoms with E-state index >= 15 is 0 Å². The number of aryl methyl sites for hydroxylation is 2. The van der Waals surface area contributed by atoms with Crippen LogP contribution < -0.4 is 5.32 Å². The van der Waals surface area contributed by atoms with Gasteiger partial charge in [0.1, 0.15) is 11.5 Å². The summed E-state index contributed by atoms with van der Waals surface area (Å²) in [5.74, 6) is 0.425. The number of nitrogens with zero attached hydrogens (tertiary/aromatic N) is 5. The van der Waals surface area contributed by atoms with E-state index in [1.807, 2.05) is 67.0 Å². The fourth-order valence-electron chi connectivity index (χ4n) is 2.68. The van der Waals surface area contributed by atoms with Crippen molar-refractivity contribution in [1.29, 1.82) is 0 Å². The van der Waals surface area contributed by atoms with E-state index in [0.717, 1.165) is 17.0 Å². The molecule has 3 heterocycles. The second kappa shape index (κ2) is 5.86. The number of aromatic nitrogens is 5. The Morgan fingerprint density at radius 2 is 1.80 bits per heavy atom. The molecule has 124 valence electrons. The van der Waals surface area contributed by atoms with Gasteiger partial charge in [-0.3, -0.25) is 4.79 Å². The average Bonchev–Trinajstić information content (AvgIpc) is 3.17. The summed E-state index contributed by atoms with van der Waals surface area (Å²) in [6, 6.07) is 13.2. The Morgan fingerprint density at radius 1 is 1.00 bits per heavy atom. The highest BCUT2D eigenvalue weighted by Gasteiger charge is 2.15.